The van der Waals surface area contributed by atoms with Crippen LogP contribution in [0.1, 0.15) is 46.0 Å². The number of ketones is 1. The van der Waals surface area contributed by atoms with Gasteiger partial charge in [-0.05, 0) is 39.5 Å². The Labute approximate surface area is 197 Å². The fourth-order valence-electron chi connectivity index (χ4n) is 3.61. The molecule has 3 amide bonds. The van der Waals surface area contributed by atoms with Crippen LogP contribution in [0.5, 0.6) is 0 Å². The molecule has 1 rings (SSSR count). The van der Waals surface area contributed by atoms with Crippen molar-refractivity contribution >= 4 is 35.4 Å². The lowest BCUT2D eigenvalue weighted by atomic mass is 10.1. The van der Waals surface area contributed by atoms with Crippen LogP contribution < -0.4 is 27.8 Å². The van der Waals surface area contributed by atoms with E-state index in [2.05, 4.69) is 15.6 Å². The van der Waals surface area contributed by atoms with Gasteiger partial charge in [-0.15, -0.1) is 0 Å². The van der Waals surface area contributed by atoms with Crippen molar-refractivity contribution in [2.24, 2.45) is 22.2 Å². The van der Waals surface area contributed by atoms with Gasteiger partial charge in [-0.25, -0.2) is 0 Å². The Balaban J connectivity index is 2.99. The van der Waals surface area contributed by atoms with Crippen molar-refractivity contribution in [2.75, 3.05) is 13.1 Å². The van der Waals surface area contributed by atoms with Gasteiger partial charge in [0.05, 0.1) is 24.6 Å². The van der Waals surface area contributed by atoms with Gasteiger partial charge in [-0.1, -0.05) is 0 Å². The summed E-state index contributed by atoms with van der Waals surface area (Å²) in [7, 11) is 0. The van der Waals surface area contributed by atoms with Gasteiger partial charge in [0.1, 0.15) is 12.1 Å². The summed E-state index contributed by atoms with van der Waals surface area (Å²) in [5.74, 6) is -3.92. The number of aliphatic hydroxyl groups excluding tert-OH is 1. The van der Waals surface area contributed by atoms with Crippen molar-refractivity contribution in [1.29, 1.82) is 0 Å². The zero-order chi connectivity index (χ0) is 26.0. The third-order valence-corrected chi connectivity index (χ3v) is 5.36. The second kappa shape index (κ2) is 13.4. The second-order valence-electron chi connectivity index (χ2n) is 8.24. The second-order valence-corrected chi connectivity index (χ2v) is 8.24. The van der Waals surface area contributed by atoms with E-state index in [1.54, 1.807) is 0 Å². The lowest BCUT2D eigenvalue weighted by Gasteiger charge is -2.30. The van der Waals surface area contributed by atoms with Crippen molar-refractivity contribution in [3.63, 3.8) is 0 Å². The number of aliphatic carboxylic acids is 1. The van der Waals surface area contributed by atoms with E-state index < -0.39 is 60.4 Å². The van der Waals surface area contributed by atoms with Gasteiger partial charge >= 0.3 is 5.97 Å². The van der Waals surface area contributed by atoms with E-state index in [9.17, 15) is 29.1 Å². The van der Waals surface area contributed by atoms with Crippen LogP contribution in [0.2, 0.25) is 0 Å². The number of carboxylic acid groups (broad SMARTS) is 1. The number of likely N-dealkylation sites (tertiary alicyclic amines) is 1. The molecule has 1 aliphatic heterocycles. The molecule has 0 bridgehead atoms. The van der Waals surface area contributed by atoms with Crippen LogP contribution >= 0.6 is 0 Å². The first kappa shape index (κ1) is 28.8. The molecule has 0 spiro atoms. The van der Waals surface area contributed by atoms with E-state index in [0.717, 1.165) is 0 Å². The number of aliphatic imine (C=N–C) groups is 1. The SMILES string of the molecule is CC(=O)[C@@H]1CCCN1C(=O)[C@@H](NC(=O)[C@H](CCCN=C(N)N)NC(=O)[C@@H](N)CC(=O)O)[C@@H](C)O. The van der Waals surface area contributed by atoms with Crippen LogP contribution in [-0.2, 0) is 24.0 Å². The van der Waals surface area contributed by atoms with E-state index in [-0.39, 0.29) is 31.1 Å². The number of rotatable bonds is 13. The Morgan fingerprint density at radius 1 is 1.15 bits per heavy atom. The minimum Gasteiger partial charge on any atom is -0.481 e. The van der Waals surface area contributed by atoms with Gasteiger partial charge in [0.25, 0.3) is 0 Å². The minimum atomic E-state index is -1.40. The van der Waals surface area contributed by atoms with Crippen molar-refractivity contribution in [3.05, 3.63) is 0 Å². The maximum atomic E-state index is 13.0. The molecular weight excluding hydrogens is 450 g/mol. The number of Topliss-reactive ketones (excluding diaryl/α,β-unsaturated/α-hetero) is 1. The van der Waals surface area contributed by atoms with Crippen LogP contribution in [0.25, 0.3) is 0 Å². The van der Waals surface area contributed by atoms with E-state index in [4.69, 9.17) is 22.3 Å². The molecule has 0 aliphatic carbocycles. The molecule has 0 aromatic carbocycles. The summed E-state index contributed by atoms with van der Waals surface area (Å²) < 4.78 is 0. The predicted molar refractivity (Wildman–Crippen MR) is 121 cm³/mol. The number of carbonyl (C=O) groups is 5. The number of hydrogen-bond acceptors (Lipinski definition) is 8. The van der Waals surface area contributed by atoms with Crippen molar-refractivity contribution in [2.45, 2.75) is 76.2 Å². The molecule has 0 unspecified atom stereocenters. The van der Waals surface area contributed by atoms with Gasteiger partial charge in [0, 0.05) is 13.1 Å². The first-order valence-corrected chi connectivity index (χ1v) is 11.0. The van der Waals surface area contributed by atoms with Gasteiger partial charge < -0.3 is 42.9 Å². The molecule has 0 saturated carbocycles. The van der Waals surface area contributed by atoms with Crippen molar-refractivity contribution in [1.82, 2.24) is 15.5 Å². The molecule has 0 radical (unpaired) electrons. The van der Waals surface area contributed by atoms with E-state index in [1.807, 2.05) is 0 Å². The van der Waals surface area contributed by atoms with E-state index >= 15 is 0 Å². The summed E-state index contributed by atoms with van der Waals surface area (Å²) in [6, 6.07) is -4.61. The molecule has 192 valence electrons. The van der Waals surface area contributed by atoms with Crippen molar-refractivity contribution < 1.29 is 34.2 Å². The van der Waals surface area contributed by atoms with Crippen LogP contribution in [0.3, 0.4) is 0 Å². The minimum absolute atomic E-state index is 0.0364. The number of amides is 3. The summed E-state index contributed by atoms with van der Waals surface area (Å²) in [6.07, 6.45) is -0.541. The Bertz CT molecular complexity index is 798. The van der Waals surface area contributed by atoms with Crippen LogP contribution in [0.4, 0.5) is 0 Å². The van der Waals surface area contributed by atoms with Gasteiger partial charge in [-0.2, -0.15) is 0 Å². The Morgan fingerprint density at radius 2 is 1.79 bits per heavy atom. The summed E-state index contributed by atoms with van der Waals surface area (Å²) in [5.41, 5.74) is 16.1. The topological polar surface area (TPSA) is 244 Å². The number of carboxylic acids is 1. The Kier molecular flexibility index (Phi) is 11.4. The number of hydrogen-bond donors (Lipinski definition) is 7. The zero-order valence-corrected chi connectivity index (χ0v) is 19.4. The third kappa shape index (κ3) is 8.94. The molecule has 14 nitrogen and oxygen atoms in total. The number of carbonyl (C=O) groups excluding carboxylic acids is 4. The van der Waals surface area contributed by atoms with Crippen LogP contribution in [0.15, 0.2) is 4.99 Å². The fraction of sp³-hybridized carbons (Fsp3) is 0.700. The van der Waals surface area contributed by atoms with Gasteiger partial charge in [0.2, 0.25) is 17.7 Å². The van der Waals surface area contributed by atoms with E-state index in [1.165, 1.54) is 18.7 Å². The first-order chi connectivity index (χ1) is 15.8. The molecular formula is C20H35N7O7. The number of guanidine groups is 1. The lowest BCUT2D eigenvalue weighted by molar-refractivity contribution is -0.143. The molecule has 0 aromatic rings. The summed E-state index contributed by atoms with van der Waals surface area (Å²) in [6.45, 7) is 3.15. The van der Waals surface area contributed by atoms with Crippen LogP contribution in [-0.4, -0.2) is 93.9 Å². The molecule has 34 heavy (non-hydrogen) atoms. The number of nitrogens with two attached hydrogens (primary N) is 3. The van der Waals surface area contributed by atoms with Crippen molar-refractivity contribution in [3.8, 4) is 0 Å². The molecule has 1 fully saturated rings. The van der Waals surface area contributed by atoms with E-state index in [0.29, 0.717) is 19.4 Å². The average molecular weight is 486 g/mol. The molecule has 14 heteroatoms. The Morgan fingerprint density at radius 3 is 2.32 bits per heavy atom. The standard InChI is InChI=1S/C20H35N7O7/c1-10(28)14-6-4-8-27(14)19(34)16(11(2)29)26-18(33)13(5-3-7-24-20(22)23)25-17(32)12(21)9-15(30)31/h11-14,16,29H,3-9,21H2,1-2H3,(H,25,32)(H,26,33)(H,30,31)(H4,22,23,24)/t11-,12+,13+,14+,16+/m1/s1. The fourth-order valence-corrected chi connectivity index (χ4v) is 3.61. The average Bonchev–Trinajstić information content (AvgIpc) is 3.22. The molecule has 1 saturated heterocycles. The van der Waals surface area contributed by atoms with Crippen LogP contribution in [0, 0.1) is 0 Å². The summed E-state index contributed by atoms with van der Waals surface area (Å²) in [4.78, 5) is 66.1. The highest BCUT2D eigenvalue weighted by atomic mass is 16.4. The molecule has 1 aliphatic rings. The zero-order valence-electron chi connectivity index (χ0n) is 19.4. The molecule has 0 aromatic heterocycles. The summed E-state index contributed by atoms with van der Waals surface area (Å²) in [5, 5.41) is 23.8. The highest BCUT2D eigenvalue weighted by Gasteiger charge is 2.38. The highest BCUT2D eigenvalue weighted by Crippen LogP contribution is 2.20. The summed E-state index contributed by atoms with van der Waals surface area (Å²) >= 11 is 0. The highest BCUT2D eigenvalue weighted by molar-refractivity contribution is 5.95. The number of nitrogens with one attached hydrogen (secondary N) is 2. The maximum absolute atomic E-state index is 13.0. The lowest BCUT2D eigenvalue weighted by Crippen LogP contribution is -2.59. The molecule has 10 N–H and O–H groups in total. The van der Waals surface area contributed by atoms with Gasteiger partial charge in [0.15, 0.2) is 11.7 Å². The normalized spacial score (nSPS) is 18.8. The monoisotopic (exact) mass is 485 g/mol. The number of nitrogens with zero attached hydrogens (tertiary/aromatic N) is 2. The Hall–Kier alpha value is -3.26. The molecule has 1 heterocycles. The quantitative estimate of drug-likeness (QED) is 0.0781. The smallest absolute Gasteiger partial charge is 0.305 e. The first-order valence-electron chi connectivity index (χ1n) is 11.0. The third-order valence-electron chi connectivity index (χ3n) is 5.36. The predicted octanol–water partition coefficient (Wildman–Crippen LogP) is -3.23. The largest absolute Gasteiger partial charge is 0.481 e. The van der Waals surface area contributed by atoms with Gasteiger partial charge in [-0.3, -0.25) is 29.0 Å². The maximum Gasteiger partial charge on any atom is 0.305 e. The number of aliphatic hydroxyl groups is 1. The molecule has 5 atom stereocenters.